The smallest absolute Gasteiger partial charge is 0.191 e. The molecule has 0 spiro atoms. The minimum absolute atomic E-state index is 0.0787. The second-order valence-electron chi connectivity index (χ2n) is 6.42. The summed E-state index contributed by atoms with van der Waals surface area (Å²) >= 11 is 0. The molecular formula is C14H24O3Si. The highest BCUT2D eigenvalue weighted by molar-refractivity contribution is 6.74. The fraction of sp³-hybridized carbons (Fsp3) is 0.643. The van der Waals surface area contributed by atoms with Crippen LogP contribution in [0.5, 0.6) is 0 Å². The van der Waals surface area contributed by atoms with Crippen molar-refractivity contribution in [2.24, 2.45) is 0 Å². The number of carbonyl (C=O) groups is 1. The number of aliphatic hydroxyl groups is 1. The van der Waals surface area contributed by atoms with Gasteiger partial charge in [0.2, 0.25) is 0 Å². The van der Waals surface area contributed by atoms with Crippen LogP contribution in [0.3, 0.4) is 0 Å². The number of rotatable bonds is 4. The first kappa shape index (κ1) is 15.3. The lowest BCUT2D eigenvalue weighted by atomic mass is 9.94. The standard InChI is InChI=1S/C14H24O3Si/c1-13(2,3)18(4,5)17-11-10-14(16)8-6-12(15)7-9-14/h6-9,16H,10-11H2,1-5H3. The summed E-state index contributed by atoms with van der Waals surface area (Å²) in [6, 6.07) is 0. The van der Waals surface area contributed by atoms with Crippen molar-refractivity contribution in [2.75, 3.05) is 6.61 Å². The molecule has 0 heterocycles. The third kappa shape index (κ3) is 3.90. The Morgan fingerprint density at radius 1 is 1.28 bits per heavy atom. The summed E-state index contributed by atoms with van der Waals surface area (Å²) in [7, 11) is -1.76. The van der Waals surface area contributed by atoms with E-state index in [9.17, 15) is 9.90 Å². The van der Waals surface area contributed by atoms with E-state index in [1.54, 1.807) is 12.2 Å². The lowest BCUT2D eigenvalue weighted by molar-refractivity contribution is -0.110. The minimum Gasteiger partial charge on any atom is -0.417 e. The highest BCUT2D eigenvalue weighted by Gasteiger charge is 2.37. The van der Waals surface area contributed by atoms with Crippen molar-refractivity contribution < 1.29 is 14.3 Å². The summed E-state index contributed by atoms with van der Waals surface area (Å²) in [5, 5.41) is 10.4. The van der Waals surface area contributed by atoms with Crippen molar-refractivity contribution in [3.05, 3.63) is 24.3 Å². The molecular weight excluding hydrogens is 244 g/mol. The van der Waals surface area contributed by atoms with Gasteiger partial charge in [-0.15, -0.1) is 0 Å². The summed E-state index contributed by atoms with van der Waals surface area (Å²) in [5.41, 5.74) is -1.03. The van der Waals surface area contributed by atoms with E-state index in [4.69, 9.17) is 4.43 Å². The third-order valence-corrected chi connectivity index (χ3v) is 8.38. The van der Waals surface area contributed by atoms with Crippen LogP contribution in [0.15, 0.2) is 24.3 Å². The Balaban J connectivity index is 2.50. The number of allylic oxidation sites excluding steroid dienone is 2. The Morgan fingerprint density at radius 3 is 2.22 bits per heavy atom. The third-order valence-electron chi connectivity index (χ3n) is 3.84. The molecule has 4 heteroatoms. The highest BCUT2D eigenvalue weighted by Crippen LogP contribution is 2.36. The first-order chi connectivity index (χ1) is 8.06. The van der Waals surface area contributed by atoms with Gasteiger partial charge in [-0.3, -0.25) is 4.79 Å². The molecule has 18 heavy (non-hydrogen) atoms. The molecule has 102 valence electrons. The van der Waals surface area contributed by atoms with Crippen molar-refractivity contribution >= 4 is 14.1 Å². The van der Waals surface area contributed by atoms with Crippen LogP contribution in [0.4, 0.5) is 0 Å². The van der Waals surface area contributed by atoms with Gasteiger partial charge in [-0.25, -0.2) is 0 Å². The van der Waals surface area contributed by atoms with E-state index in [2.05, 4.69) is 33.9 Å². The molecule has 0 saturated heterocycles. The van der Waals surface area contributed by atoms with E-state index in [0.29, 0.717) is 13.0 Å². The van der Waals surface area contributed by atoms with Gasteiger partial charge in [0.25, 0.3) is 0 Å². The largest absolute Gasteiger partial charge is 0.417 e. The van der Waals surface area contributed by atoms with Gasteiger partial charge in [0, 0.05) is 13.0 Å². The van der Waals surface area contributed by atoms with Gasteiger partial charge in [-0.05, 0) is 42.4 Å². The molecule has 0 radical (unpaired) electrons. The van der Waals surface area contributed by atoms with Gasteiger partial charge < -0.3 is 9.53 Å². The number of hydrogen-bond donors (Lipinski definition) is 1. The Bertz CT molecular complexity index is 359. The van der Waals surface area contributed by atoms with Gasteiger partial charge in [0.15, 0.2) is 14.1 Å². The predicted octanol–water partition coefficient (Wildman–Crippen LogP) is 2.82. The number of ketones is 1. The van der Waals surface area contributed by atoms with E-state index >= 15 is 0 Å². The first-order valence-electron chi connectivity index (χ1n) is 6.35. The van der Waals surface area contributed by atoms with E-state index in [1.165, 1.54) is 12.2 Å². The van der Waals surface area contributed by atoms with Crippen molar-refractivity contribution in [1.82, 2.24) is 0 Å². The van der Waals surface area contributed by atoms with E-state index in [1.807, 2.05) is 0 Å². The molecule has 0 fully saturated rings. The van der Waals surface area contributed by atoms with Crippen LogP contribution in [-0.2, 0) is 9.22 Å². The quantitative estimate of drug-likeness (QED) is 0.798. The zero-order valence-electron chi connectivity index (χ0n) is 12.0. The van der Waals surface area contributed by atoms with Crippen LogP contribution < -0.4 is 0 Å². The molecule has 0 amide bonds. The Labute approximate surface area is 111 Å². The van der Waals surface area contributed by atoms with Crippen LogP contribution in [-0.4, -0.2) is 31.4 Å². The van der Waals surface area contributed by atoms with Gasteiger partial charge in [-0.1, -0.05) is 20.8 Å². The SMILES string of the molecule is CC(C)(C)[Si](C)(C)OCCC1(O)C=CC(=O)C=C1. The highest BCUT2D eigenvalue weighted by atomic mass is 28.4. The molecule has 0 aliphatic heterocycles. The second-order valence-corrected chi connectivity index (χ2v) is 11.2. The van der Waals surface area contributed by atoms with Crippen molar-refractivity contribution in [1.29, 1.82) is 0 Å². The summed E-state index contributed by atoms with van der Waals surface area (Å²) < 4.78 is 6.01. The summed E-state index contributed by atoms with van der Waals surface area (Å²) in [6.45, 7) is 11.4. The average molecular weight is 268 g/mol. The molecule has 1 rings (SSSR count). The van der Waals surface area contributed by atoms with Crippen molar-refractivity contribution in [3.8, 4) is 0 Å². The van der Waals surface area contributed by atoms with Gasteiger partial charge in [0.1, 0.15) is 5.60 Å². The molecule has 1 N–H and O–H groups in total. The molecule has 0 aromatic heterocycles. The second kappa shape index (κ2) is 5.11. The molecule has 0 bridgehead atoms. The molecule has 0 atom stereocenters. The van der Waals surface area contributed by atoms with Crippen LogP contribution in [0.1, 0.15) is 27.2 Å². The van der Waals surface area contributed by atoms with Crippen LogP contribution in [0, 0.1) is 0 Å². The maximum atomic E-state index is 11.0. The maximum absolute atomic E-state index is 11.0. The van der Waals surface area contributed by atoms with Gasteiger partial charge >= 0.3 is 0 Å². The molecule has 0 aromatic rings. The first-order valence-corrected chi connectivity index (χ1v) is 9.25. The molecule has 0 unspecified atom stereocenters. The van der Waals surface area contributed by atoms with Crippen molar-refractivity contribution in [3.63, 3.8) is 0 Å². The zero-order valence-corrected chi connectivity index (χ0v) is 13.0. The van der Waals surface area contributed by atoms with E-state index < -0.39 is 13.9 Å². The number of hydrogen-bond acceptors (Lipinski definition) is 3. The van der Waals surface area contributed by atoms with E-state index in [-0.39, 0.29) is 10.8 Å². The predicted molar refractivity (Wildman–Crippen MR) is 76.0 cm³/mol. The van der Waals surface area contributed by atoms with Crippen LogP contribution in [0.25, 0.3) is 0 Å². The molecule has 1 aliphatic carbocycles. The lowest BCUT2D eigenvalue weighted by Crippen LogP contribution is -2.42. The molecule has 1 aliphatic rings. The van der Waals surface area contributed by atoms with Crippen LogP contribution in [0.2, 0.25) is 18.1 Å². The maximum Gasteiger partial charge on any atom is 0.191 e. The van der Waals surface area contributed by atoms with E-state index in [0.717, 1.165) is 0 Å². The van der Waals surface area contributed by atoms with Gasteiger partial charge in [0.05, 0.1) is 0 Å². The van der Waals surface area contributed by atoms with Crippen LogP contribution >= 0.6 is 0 Å². The monoisotopic (exact) mass is 268 g/mol. The van der Waals surface area contributed by atoms with Gasteiger partial charge in [-0.2, -0.15) is 0 Å². The summed E-state index contributed by atoms with van der Waals surface area (Å²) in [5.74, 6) is -0.0787. The topological polar surface area (TPSA) is 46.5 Å². The zero-order chi connectivity index (χ0) is 14.0. The Hall–Kier alpha value is -0.713. The van der Waals surface area contributed by atoms with Crippen molar-refractivity contribution in [2.45, 2.75) is 50.9 Å². The average Bonchev–Trinajstić information content (AvgIpc) is 2.21. The summed E-state index contributed by atoms with van der Waals surface area (Å²) in [4.78, 5) is 11.0. The fourth-order valence-corrected chi connectivity index (χ4v) is 2.46. The normalized spacial score (nSPS) is 19.3. The molecule has 0 saturated carbocycles. The Morgan fingerprint density at radius 2 is 1.78 bits per heavy atom. The Kier molecular flexibility index (Phi) is 4.36. The minimum atomic E-state index is -1.76. The summed E-state index contributed by atoms with van der Waals surface area (Å²) in [6.07, 6.45) is 6.40. The molecule has 0 aromatic carbocycles. The lowest BCUT2D eigenvalue weighted by Gasteiger charge is -2.37. The fourth-order valence-electron chi connectivity index (χ4n) is 1.42. The number of carbonyl (C=O) groups excluding carboxylic acids is 1. The molecule has 3 nitrogen and oxygen atoms in total.